The number of amides is 2. The van der Waals surface area contributed by atoms with E-state index in [1.165, 1.54) is 25.6 Å². The first-order valence-corrected chi connectivity index (χ1v) is 12.3. The lowest BCUT2D eigenvalue weighted by atomic mass is 9.93. The summed E-state index contributed by atoms with van der Waals surface area (Å²) in [6.07, 6.45) is -1.37. The highest BCUT2D eigenvalue weighted by molar-refractivity contribution is 8.00. The molecule has 0 aliphatic carbocycles. The lowest BCUT2D eigenvalue weighted by Gasteiger charge is -2.27. The monoisotopic (exact) mass is 493 g/mol. The fourth-order valence-electron chi connectivity index (χ4n) is 3.46. The van der Waals surface area contributed by atoms with Gasteiger partial charge in [-0.15, -0.1) is 11.8 Å². The molecular formula is C24H35N3O6S. The lowest BCUT2D eigenvalue weighted by Crippen LogP contribution is -2.55. The van der Waals surface area contributed by atoms with Gasteiger partial charge in [0.1, 0.15) is 11.5 Å². The highest BCUT2D eigenvalue weighted by Gasteiger charge is 2.40. The van der Waals surface area contributed by atoms with Gasteiger partial charge in [-0.2, -0.15) is 0 Å². The van der Waals surface area contributed by atoms with Crippen LogP contribution in [0.1, 0.15) is 40.2 Å². The van der Waals surface area contributed by atoms with Gasteiger partial charge >= 0.3 is 5.97 Å². The average molecular weight is 494 g/mol. The molecule has 1 aromatic carbocycles. The number of aliphatic hydroxyl groups is 1. The lowest BCUT2D eigenvalue weighted by molar-refractivity contribution is -0.146. The van der Waals surface area contributed by atoms with Gasteiger partial charge in [-0.1, -0.05) is 44.2 Å². The van der Waals surface area contributed by atoms with Crippen LogP contribution in [0, 0.1) is 11.8 Å². The third-order valence-corrected chi connectivity index (χ3v) is 6.93. The van der Waals surface area contributed by atoms with Gasteiger partial charge in [0.2, 0.25) is 11.8 Å². The van der Waals surface area contributed by atoms with Crippen molar-refractivity contribution in [2.45, 2.75) is 70.1 Å². The van der Waals surface area contributed by atoms with Crippen LogP contribution in [0.3, 0.4) is 0 Å². The van der Waals surface area contributed by atoms with Gasteiger partial charge < -0.3 is 20.8 Å². The van der Waals surface area contributed by atoms with E-state index in [0.717, 1.165) is 5.56 Å². The third-order valence-electron chi connectivity index (χ3n) is 5.71. The van der Waals surface area contributed by atoms with Crippen molar-refractivity contribution in [1.82, 2.24) is 16.0 Å². The van der Waals surface area contributed by atoms with Crippen LogP contribution in [-0.4, -0.2) is 68.6 Å². The van der Waals surface area contributed by atoms with Crippen LogP contribution in [0.4, 0.5) is 0 Å². The van der Waals surface area contributed by atoms with Crippen molar-refractivity contribution < 1.29 is 29.4 Å². The molecule has 188 valence electrons. The number of Topliss-reactive ketones (excluding diaryl/α,β-unsaturated/α-hetero) is 1. The Bertz CT molecular complexity index is 888. The predicted octanol–water partition coefficient (Wildman–Crippen LogP) is 0.947. The molecule has 6 atom stereocenters. The molecule has 1 aliphatic heterocycles. The fraction of sp³-hybridized carbons (Fsp3) is 0.583. The molecule has 1 aliphatic rings. The SMILES string of the molecule is CC(C(=O)O)C(C)C(=O)N[C@@H](Cc1ccccc1)[C@H](O)C(=O)C1N[C@H](C(=O)NC(C)(C)C)CS1. The quantitative estimate of drug-likeness (QED) is 0.324. The molecule has 0 radical (unpaired) electrons. The minimum absolute atomic E-state index is 0.180. The number of nitrogens with one attached hydrogen (secondary N) is 3. The molecule has 1 aromatic rings. The third kappa shape index (κ3) is 7.82. The Morgan fingerprint density at radius 3 is 2.29 bits per heavy atom. The number of carbonyl (C=O) groups is 4. The van der Waals surface area contributed by atoms with E-state index >= 15 is 0 Å². The van der Waals surface area contributed by atoms with Crippen molar-refractivity contribution in [3.8, 4) is 0 Å². The van der Waals surface area contributed by atoms with Crippen molar-refractivity contribution in [1.29, 1.82) is 0 Å². The number of aliphatic hydroxyl groups excluding tert-OH is 1. The predicted molar refractivity (Wildman–Crippen MR) is 130 cm³/mol. The molecule has 0 aromatic heterocycles. The Morgan fingerprint density at radius 2 is 1.74 bits per heavy atom. The summed E-state index contributed by atoms with van der Waals surface area (Å²) in [4.78, 5) is 49.6. The Hall–Kier alpha value is -2.43. The maximum Gasteiger partial charge on any atom is 0.307 e. The second kappa shape index (κ2) is 11.8. The summed E-state index contributed by atoms with van der Waals surface area (Å²) in [5.74, 6) is -3.86. The van der Waals surface area contributed by atoms with E-state index in [9.17, 15) is 29.4 Å². The van der Waals surface area contributed by atoms with E-state index in [0.29, 0.717) is 5.75 Å². The summed E-state index contributed by atoms with van der Waals surface area (Å²) in [5, 5.41) is 27.9. The first-order valence-electron chi connectivity index (χ1n) is 11.3. The van der Waals surface area contributed by atoms with Crippen LogP contribution in [0.15, 0.2) is 30.3 Å². The summed E-state index contributed by atoms with van der Waals surface area (Å²) in [5.41, 5.74) is 0.382. The number of thioether (sulfide) groups is 1. The number of rotatable bonds is 10. The van der Waals surface area contributed by atoms with Gasteiger partial charge in [-0.25, -0.2) is 0 Å². The number of hydrogen-bond acceptors (Lipinski definition) is 7. The number of hydrogen-bond donors (Lipinski definition) is 5. The Balaban J connectivity index is 2.13. The smallest absolute Gasteiger partial charge is 0.307 e. The van der Waals surface area contributed by atoms with Crippen molar-refractivity contribution >= 4 is 35.3 Å². The molecule has 5 N–H and O–H groups in total. The van der Waals surface area contributed by atoms with Crippen molar-refractivity contribution in [3.63, 3.8) is 0 Å². The zero-order valence-electron chi connectivity index (χ0n) is 20.2. The highest BCUT2D eigenvalue weighted by Crippen LogP contribution is 2.23. The summed E-state index contributed by atoms with van der Waals surface area (Å²) in [7, 11) is 0. The summed E-state index contributed by atoms with van der Waals surface area (Å²) in [6, 6.07) is 7.54. The van der Waals surface area contributed by atoms with Gasteiger partial charge in [0.25, 0.3) is 0 Å². The molecular weight excluding hydrogens is 458 g/mol. The molecule has 0 bridgehead atoms. The molecule has 10 heteroatoms. The number of carbonyl (C=O) groups excluding carboxylic acids is 3. The van der Waals surface area contributed by atoms with E-state index in [1.807, 2.05) is 51.1 Å². The minimum atomic E-state index is -1.55. The molecule has 34 heavy (non-hydrogen) atoms. The van der Waals surface area contributed by atoms with E-state index in [4.69, 9.17) is 0 Å². The van der Waals surface area contributed by atoms with Gasteiger partial charge in [-0.05, 0) is 32.8 Å². The van der Waals surface area contributed by atoms with Gasteiger partial charge in [0, 0.05) is 17.2 Å². The zero-order chi connectivity index (χ0) is 25.6. The molecule has 1 fully saturated rings. The van der Waals surface area contributed by atoms with Crippen molar-refractivity contribution in [3.05, 3.63) is 35.9 Å². The summed E-state index contributed by atoms with van der Waals surface area (Å²) < 4.78 is 0. The van der Waals surface area contributed by atoms with E-state index in [-0.39, 0.29) is 12.3 Å². The van der Waals surface area contributed by atoms with Crippen LogP contribution < -0.4 is 16.0 Å². The van der Waals surface area contributed by atoms with Crippen LogP contribution in [-0.2, 0) is 25.6 Å². The van der Waals surface area contributed by atoms with Gasteiger partial charge in [0.05, 0.1) is 18.0 Å². The van der Waals surface area contributed by atoms with Crippen LogP contribution >= 0.6 is 11.8 Å². The normalized spacial score (nSPS) is 21.7. The summed E-state index contributed by atoms with van der Waals surface area (Å²) >= 11 is 1.23. The van der Waals surface area contributed by atoms with Crippen molar-refractivity contribution in [2.24, 2.45) is 11.8 Å². The number of benzene rings is 1. The molecule has 2 rings (SSSR count). The zero-order valence-corrected chi connectivity index (χ0v) is 21.0. The van der Waals surface area contributed by atoms with Crippen LogP contribution in [0.25, 0.3) is 0 Å². The van der Waals surface area contributed by atoms with E-state index in [2.05, 4.69) is 16.0 Å². The van der Waals surface area contributed by atoms with Crippen LogP contribution in [0.5, 0.6) is 0 Å². The molecule has 1 heterocycles. The van der Waals surface area contributed by atoms with Crippen molar-refractivity contribution in [2.75, 3.05) is 5.75 Å². The average Bonchev–Trinajstić information content (AvgIpc) is 3.26. The van der Waals surface area contributed by atoms with E-state index < -0.39 is 58.6 Å². The number of ketones is 1. The number of carboxylic acid groups (broad SMARTS) is 1. The molecule has 1 saturated heterocycles. The maximum atomic E-state index is 13.1. The first kappa shape index (κ1) is 27.8. The molecule has 0 spiro atoms. The number of carboxylic acids is 1. The Kier molecular flexibility index (Phi) is 9.66. The maximum absolute atomic E-state index is 13.1. The number of aliphatic carboxylic acids is 1. The largest absolute Gasteiger partial charge is 0.481 e. The molecule has 9 nitrogen and oxygen atoms in total. The molecule has 2 amide bonds. The molecule has 3 unspecified atom stereocenters. The topological polar surface area (TPSA) is 145 Å². The summed E-state index contributed by atoms with van der Waals surface area (Å²) in [6.45, 7) is 8.52. The first-order chi connectivity index (χ1) is 15.8. The molecule has 0 saturated carbocycles. The highest BCUT2D eigenvalue weighted by atomic mass is 32.2. The van der Waals surface area contributed by atoms with Crippen LogP contribution in [0.2, 0.25) is 0 Å². The van der Waals surface area contributed by atoms with Gasteiger partial charge in [-0.3, -0.25) is 24.5 Å². The van der Waals surface area contributed by atoms with E-state index in [1.54, 1.807) is 0 Å². The second-order valence-corrected chi connectivity index (χ2v) is 10.9. The Labute approximate surface area is 204 Å². The standard InChI is InChI=1S/C24H35N3O6S/c1-13(14(2)23(32)33)20(30)25-16(11-15-9-7-6-8-10-15)18(28)19(29)22-26-17(12-34-22)21(31)27-24(3,4)5/h6-10,13-14,16-18,22,26,28H,11-12H2,1-5H3,(H,25,30)(H,27,31)(H,32,33)/t13?,14?,16-,17-,18-,22?/m0/s1. The van der Waals surface area contributed by atoms with Gasteiger partial charge in [0.15, 0.2) is 5.78 Å². The minimum Gasteiger partial charge on any atom is -0.481 e. The Morgan fingerprint density at radius 1 is 1.12 bits per heavy atom. The second-order valence-electron chi connectivity index (χ2n) is 9.74. The fourth-order valence-corrected chi connectivity index (χ4v) is 4.66.